The minimum atomic E-state index is -0.987. The Labute approximate surface area is 81.2 Å². The maximum absolute atomic E-state index is 11.1. The number of ketones is 1. The van der Waals surface area contributed by atoms with E-state index in [-0.39, 0.29) is 23.9 Å². The number of epoxide rings is 1. The second-order valence-electron chi connectivity index (χ2n) is 3.97. The van der Waals surface area contributed by atoms with Crippen LogP contribution < -0.4 is 5.73 Å². The van der Waals surface area contributed by atoms with E-state index in [2.05, 4.69) is 0 Å². The summed E-state index contributed by atoms with van der Waals surface area (Å²) in [5.41, 5.74) is 5.42. The molecule has 1 heterocycles. The van der Waals surface area contributed by atoms with Crippen LogP contribution in [-0.4, -0.2) is 35.1 Å². The van der Waals surface area contributed by atoms with E-state index in [0.717, 1.165) is 0 Å². The third-order valence-electron chi connectivity index (χ3n) is 2.94. The molecule has 5 nitrogen and oxygen atoms in total. The smallest absolute Gasteiger partial charge is 0.320 e. The highest BCUT2D eigenvalue weighted by Crippen LogP contribution is 2.40. The van der Waals surface area contributed by atoms with Gasteiger partial charge >= 0.3 is 5.97 Å². The van der Waals surface area contributed by atoms with Crippen LogP contribution in [0.3, 0.4) is 0 Å². The van der Waals surface area contributed by atoms with E-state index in [9.17, 15) is 9.59 Å². The Morgan fingerprint density at radius 1 is 1.71 bits per heavy atom. The molecule has 2 fully saturated rings. The summed E-state index contributed by atoms with van der Waals surface area (Å²) in [5, 5.41) is 8.63. The summed E-state index contributed by atoms with van der Waals surface area (Å²) < 4.78 is 5.19. The Balaban J connectivity index is 1.88. The predicted molar refractivity (Wildman–Crippen MR) is 46.6 cm³/mol. The van der Waals surface area contributed by atoms with Crippen LogP contribution in [0.5, 0.6) is 0 Å². The van der Waals surface area contributed by atoms with Crippen molar-refractivity contribution < 1.29 is 19.4 Å². The number of aliphatic carboxylic acids is 1. The molecule has 1 aliphatic carbocycles. The molecule has 14 heavy (non-hydrogen) atoms. The van der Waals surface area contributed by atoms with Crippen LogP contribution in [0.1, 0.15) is 19.3 Å². The standard InChI is InChI=1S/C9H13NO4/c10-5(9(12)13)3-4-1-2-6(11)8-7(4)14-8/h4-5,7-8H,1-3,10H2,(H,12,13)/t4-,5+,7-,8+/m1/s1. The topological polar surface area (TPSA) is 92.9 Å². The van der Waals surface area contributed by atoms with E-state index in [4.69, 9.17) is 15.6 Å². The lowest BCUT2D eigenvalue weighted by Crippen LogP contribution is -2.35. The van der Waals surface area contributed by atoms with Gasteiger partial charge in [0.1, 0.15) is 12.1 Å². The van der Waals surface area contributed by atoms with Crippen molar-refractivity contribution in [3.05, 3.63) is 0 Å². The normalized spacial score (nSPS) is 37.5. The minimum absolute atomic E-state index is 0.0540. The summed E-state index contributed by atoms with van der Waals surface area (Å²) in [4.78, 5) is 21.7. The van der Waals surface area contributed by atoms with E-state index in [0.29, 0.717) is 19.3 Å². The van der Waals surface area contributed by atoms with Gasteiger partial charge in [-0.1, -0.05) is 0 Å². The molecule has 1 saturated heterocycles. The minimum Gasteiger partial charge on any atom is -0.480 e. The molecule has 0 spiro atoms. The average molecular weight is 199 g/mol. The van der Waals surface area contributed by atoms with E-state index in [1.54, 1.807) is 0 Å². The molecule has 1 saturated carbocycles. The number of nitrogens with two attached hydrogens (primary N) is 1. The monoisotopic (exact) mass is 199 g/mol. The number of carboxylic acids is 1. The largest absolute Gasteiger partial charge is 0.480 e. The van der Waals surface area contributed by atoms with Crippen LogP contribution in [0.4, 0.5) is 0 Å². The Morgan fingerprint density at radius 3 is 3.07 bits per heavy atom. The molecule has 5 heteroatoms. The van der Waals surface area contributed by atoms with Crippen LogP contribution in [0.15, 0.2) is 0 Å². The highest BCUT2D eigenvalue weighted by Gasteiger charge is 2.52. The summed E-state index contributed by atoms with van der Waals surface area (Å²) in [5.74, 6) is -0.696. The molecule has 0 aromatic rings. The van der Waals surface area contributed by atoms with Crippen molar-refractivity contribution >= 4 is 11.8 Å². The van der Waals surface area contributed by atoms with Gasteiger partial charge in [-0.25, -0.2) is 0 Å². The van der Waals surface area contributed by atoms with Crippen molar-refractivity contribution in [2.75, 3.05) is 0 Å². The lowest BCUT2D eigenvalue weighted by Gasteiger charge is -2.19. The number of carbonyl (C=O) groups is 2. The summed E-state index contributed by atoms with van der Waals surface area (Å²) in [6, 6.07) is -0.835. The van der Waals surface area contributed by atoms with Gasteiger partial charge in [-0.3, -0.25) is 9.59 Å². The molecular weight excluding hydrogens is 186 g/mol. The maximum Gasteiger partial charge on any atom is 0.320 e. The van der Waals surface area contributed by atoms with Crippen molar-refractivity contribution in [2.45, 2.75) is 37.5 Å². The van der Waals surface area contributed by atoms with Crippen molar-refractivity contribution in [2.24, 2.45) is 11.7 Å². The van der Waals surface area contributed by atoms with Crippen molar-refractivity contribution in [1.82, 2.24) is 0 Å². The first-order valence-corrected chi connectivity index (χ1v) is 4.76. The third kappa shape index (κ3) is 1.65. The second-order valence-corrected chi connectivity index (χ2v) is 3.97. The summed E-state index contributed by atoms with van der Waals surface area (Å²) in [6.07, 6.45) is 1.31. The molecule has 0 aromatic heterocycles. The van der Waals surface area contributed by atoms with Crippen LogP contribution in [-0.2, 0) is 14.3 Å². The number of hydrogen-bond acceptors (Lipinski definition) is 4. The molecule has 1 aliphatic heterocycles. The van der Waals surface area contributed by atoms with E-state index < -0.39 is 12.0 Å². The number of hydrogen-bond donors (Lipinski definition) is 2. The Bertz CT molecular complexity index is 278. The van der Waals surface area contributed by atoms with E-state index in [1.165, 1.54) is 0 Å². The van der Waals surface area contributed by atoms with Crippen LogP contribution in [0, 0.1) is 5.92 Å². The highest BCUT2D eigenvalue weighted by molar-refractivity contribution is 5.87. The second kappa shape index (κ2) is 3.33. The molecule has 0 radical (unpaired) electrons. The molecule has 0 amide bonds. The molecule has 2 rings (SSSR count). The number of ether oxygens (including phenoxy) is 1. The molecular formula is C9H13NO4. The Morgan fingerprint density at radius 2 is 2.43 bits per heavy atom. The van der Waals surface area contributed by atoms with Crippen molar-refractivity contribution in [3.8, 4) is 0 Å². The fraction of sp³-hybridized carbons (Fsp3) is 0.778. The van der Waals surface area contributed by atoms with Gasteiger partial charge in [0.15, 0.2) is 5.78 Å². The van der Waals surface area contributed by atoms with Crippen molar-refractivity contribution in [1.29, 1.82) is 0 Å². The third-order valence-corrected chi connectivity index (χ3v) is 2.94. The molecule has 0 aromatic carbocycles. The predicted octanol–water partition coefficient (Wildman–Crippen LogP) is -0.465. The van der Waals surface area contributed by atoms with Gasteiger partial charge in [0.05, 0.1) is 6.10 Å². The van der Waals surface area contributed by atoms with E-state index in [1.807, 2.05) is 0 Å². The van der Waals surface area contributed by atoms with Gasteiger partial charge in [0, 0.05) is 6.42 Å². The molecule has 3 N–H and O–H groups in total. The number of carboxylic acid groups (broad SMARTS) is 1. The number of Topliss-reactive ketones (excluding diaryl/α,β-unsaturated/α-hetero) is 1. The summed E-state index contributed by atoms with van der Waals surface area (Å²) in [6.45, 7) is 0. The molecule has 0 bridgehead atoms. The molecule has 2 aliphatic rings. The summed E-state index contributed by atoms with van der Waals surface area (Å²) >= 11 is 0. The number of fused-ring (bicyclic) bond motifs is 1. The zero-order chi connectivity index (χ0) is 10.3. The van der Waals surface area contributed by atoms with Gasteiger partial charge in [0.2, 0.25) is 0 Å². The lowest BCUT2D eigenvalue weighted by atomic mass is 9.84. The summed E-state index contributed by atoms with van der Waals surface area (Å²) in [7, 11) is 0. The number of rotatable bonds is 3. The van der Waals surface area contributed by atoms with Gasteiger partial charge in [-0.05, 0) is 18.8 Å². The Kier molecular flexibility index (Phi) is 2.28. The first-order valence-electron chi connectivity index (χ1n) is 4.76. The average Bonchev–Trinajstić information content (AvgIpc) is 2.89. The van der Waals surface area contributed by atoms with Crippen LogP contribution in [0.25, 0.3) is 0 Å². The highest BCUT2D eigenvalue weighted by atomic mass is 16.6. The molecule has 78 valence electrons. The van der Waals surface area contributed by atoms with Crippen molar-refractivity contribution in [3.63, 3.8) is 0 Å². The lowest BCUT2D eigenvalue weighted by molar-refractivity contribution is -0.139. The maximum atomic E-state index is 11.1. The van der Waals surface area contributed by atoms with Crippen LogP contribution >= 0.6 is 0 Å². The first kappa shape index (κ1) is 9.61. The molecule has 0 unspecified atom stereocenters. The first-order chi connectivity index (χ1) is 6.59. The quantitative estimate of drug-likeness (QED) is 0.599. The molecule has 4 atom stereocenters. The Hall–Kier alpha value is -0.940. The van der Waals surface area contributed by atoms with Gasteiger partial charge < -0.3 is 15.6 Å². The van der Waals surface area contributed by atoms with Gasteiger partial charge in [-0.2, -0.15) is 0 Å². The van der Waals surface area contributed by atoms with E-state index >= 15 is 0 Å². The number of carbonyl (C=O) groups excluding carboxylic acids is 1. The fourth-order valence-corrected chi connectivity index (χ4v) is 2.05. The van der Waals surface area contributed by atoms with Gasteiger partial charge in [0.25, 0.3) is 0 Å². The zero-order valence-electron chi connectivity index (χ0n) is 7.68. The van der Waals surface area contributed by atoms with Gasteiger partial charge in [-0.15, -0.1) is 0 Å². The zero-order valence-corrected chi connectivity index (χ0v) is 7.68. The van der Waals surface area contributed by atoms with Crippen LogP contribution in [0.2, 0.25) is 0 Å². The fourth-order valence-electron chi connectivity index (χ4n) is 2.05. The SMILES string of the molecule is N[C@@H](C[C@H]1CCC(=O)[C@@H]2O[C@H]12)C(=O)O.